The highest BCUT2D eigenvalue weighted by Crippen LogP contribution is 2.18. The number of carbonyl (C=O) groups excluding carboxylic acids is 1. The van der Waals surface area contributed by atoms with Crippen molar-refractivity contribution in [3.63, 3.8) is 0 Å². The quantitative estimate of drug-likeness (QED) is 0.510. The van der Waals surface area contributed by atoms with Gasteiger partial charge in [-0.2, -0.15) is 5.10 Å². The van der Waals surface area contributed by atoms with E-state index in [0.29, 0.717) is 17.2 Å². The molecule has 0 saturated carbocycles. The minimum absolute atomic E-state index is 0.249. The van der Waals surface area contributed by atoms with Crippen LogP contribution in [0.25, 0.3) is 0 Å². The van der Waals surface area contributed by atoms with Crippen molar-refractivity contribution in [2.45, 2.75) is 6.61 Å². The number of hydrazone groups is 1. The van der Waals surface area contributed by atoms with E-state index >= 15 is 0 Å². The molecule has 3 rings (SSSR count). The van der Waals surface area contributed by atoms with Gasteiger partial charge in [0.25, 0.3) is 5.91 Å². The van der Waals surface area contributed by atoms with Crippen molar-refractivity contribution in [1.29, 1.82) is 0 Å². The first kappa shape index (κ1) is 17.7. The Morgan fingerprint density at radius 2 is 1.65 bits per heavy atom. The van der Waals surface area contributed by atoms with Crippen LogP contribution in [0.2, 0.25) is 5.02 Å². The zero-order chi connectivity index (χ0) is 18.2. The van der Waals surface area contributed by atoms with Crippen molar-refractivity contribution in [2.75, 3.05) is 0 Å². The van der Waals surface area contributed by atoms with Crippen LogP contribution in [0.5, 0.6) is 5.75 Å². The van der Waals surface area contributed by atoms with E-state index < -0.39 is 0 Å². The molecule has 3 aromatic carbocycles. The Labute approximate surface area is 157 Å². The zero-order valence-electron chi connectivity index (χ0n) is 13.9. The van der Waals surface area contributed by atoms with Gasteiger partial charge in [0.15, 0.2) is 0 Å². The van der Waals surface area contributed by atoms with Gasteiger partial charge < -0.3 is 4.74 Å². The van der Waals surface area contributed by atoms with Crippen molar-refractivity contribution < 1.29 is 9.53 Å². The van der Waals surface area contributed by atoms with Crippen LogP contribution in [0, 0.1) is 0 Å². The summed E-state index contributed by atoms with van der Waals surface area (Å²) >= 11 is 6.11. The summed E-state index contributed by atoms with van der Waals surface area (Å²) in [6, 6.07) is 23.9. The number of rotatable bonds is 6. The molecule has 0 radical (unpaired) electrons. The molecule has 1 N–H and O–H groups in total. The Morgan fingerprint density at radius 3 is 2.38 bits per heavy atom. The van der Waals surface area contributed by atoms with Gasteiger partial charge in [0.2, 0.25) is 0 Å². The van der Waals surface area contributed by atoms with E-state index in [1.807, 2.05) is 54.6 Å². The SMILES string of the molecule is O=C(NN=Cc1ccc(OCc2ccccc2Cl)cc1)c1ccccc1. The predicted octanol–water partition coefficient (Wildman–Crippen LogP) is 4.68. The number of benzene rings is 3. The van der Waals surface area contributed by atoms with E-state index in [0.717, 1.165) is 16.9 Å². The molecule has 0 aliphatic heterocycles. The smallest absolute Gasteiger partial charge is 0.271 e. The second-order valence-corrected chi connectivity index (χ2v) is 5.92. The van der Waals surface area contributed by atoms with Crippen LogP contribution < -0.4 is 10.2 Å². The Morgan fingerprint density at radius 1 is 0.962 bits per heavy atom. The van der Waals surface area contributed by atoms with Gasteiger partial charge >= 0.3 is 0 Å². The maximum Gasteiger partial charge on any atom is 0.271 e. The largest absolute Gasteiger partial charge is 0.489 e. The molecule has 1 amide bonds. The topological polar surface area (TPSA) is 50.7 Å². The standard InChI is InChI=1S/C21H17ClN2O2/c22-20-9-5-4-8-18(20)15-26-19-12-10-16(11-13-19)14-23-24-21(25)17-6-2-1-3-7-17/h1-14H,15H2,(H,24,25). The first-order valence-corrected chi connectivity index (χ1v) is 8.45. The van der Waals surface area contributed by atoms with Gasteiger partial charge in [0.1, 0.15) is 12.4 Å². The highest BCUT2D eigenvalue weighted by Gasteiger charge is 2.02. The summed E-state index contributed by atoms with van der Waals surface area (Å²) in [6.07, 6.45) is 1.58. The summed E-state index contributed by atoms with van der Waals surface area (Å²) in [7, 11) is 0. The molecule has 4 nitrogen and oxygen atoms in total. The summed E-state index contributed by atoms with van der Waals surface area (Å²) in [5, 5.41) is 4.66. The number of hydrogen-bond acceptors (Lipinski definition) is 3. The van der Waals surface area contributed by atoms with E-state index in [4.69, 9.17) is 16.3 Å². The average Bonchev–Trinajstić information content (AvgIpc) is 2.69. The number of nitrogens with one attached hydrogen (secondary N) is 1. The molecule has 0 aliphatic rings. The van der Waals surface area contributed by atoms with Crippen LogP contribution in [0.1, 0.15) is 21.5 Å². The summed E-state index contributed by atoms with van der Waals surface area (Å²) in [4.78, 5) is 11.9. The second-order valence-electron chi connectivity index (χ2n) is 5.51. The molecule has 0 spiro atoms. The summed E-state index contributed by atoms with van der Waals surface area (Å²) in [6.45, 7) is 0.403. The fraction of sp³-hybridized carbons (Fsp3) is 0.0476. The number of carbonyl (C=O) groups is 1. The summed E-state index contributed by atoms with van der Waals surface area (Å²) in [5.74, 6) is 0.483. The van der Waals surface area contributed by atoms with Crippen molar-refractivity contribution in [3.05, 3.63) is 101 Å². The van der Waals surface area contributed by atoms with Crippen LogP contribution >= 0.6 is 11.6 Å². The lowest BCUT2D eigenvalue weighted by atomic mass is 10.2. The van der Waals surface area contributed by atoms with Gasteiger partial charge in [-0.15, -0.1) is 0 Å². The number of halogens is 1. The minimum atomic E-state index is -0.249. The first-order chi connectivity index (χ1) is 12.7. The molecule has 3 aromatic rings. The van der Waals surface area contributed by atoms with E-state index in [9.17, 15) is 4.79 Å². The van der Waals surface area contributed by atoms with Gasteiger partial charge in [-0.3, -0.25) is 4.79 Å². The molecular formula is C21H17ClN2O2. The Kier molecular flexibility index (Phi) is 6.01. The van der Waals surface area contributed by atoms with Crippen molar-refractivity contribution in [3.8, 4) is 5.75 Å². The van der Waals surface area contributed by atoms with Gasteiger partial charge in [-0.05, 0) is 48.0 Å². The predicted molar refractivity (Wildman–Crippen MR) is 104 cm³/mol. The van der Waals surface area contributed by atoms with Gasteiger partial charge in [0, 0.05) is 16.1 Å². The first-order valence-electron chi connectivity index (χ1n) is 8.07. The maximum absolute atomic E-state index is 11.9. The van der Waals surface area contributed by atoms with Crippen LogP contribution in [0.4, 0.5) is 0 Å². The lowest BCUT2D eigenvalue weighted by Crippen LogP contribution is -2.17. The third-order valence-electron chi connectivity index (χ3n) is 3.65. The molecule has 0 fully saturated rings. The number of ether oxygens (including phenoxy) is 1. The lowest BCUT2D eigenvalue weighted by Gasteiger charge is -2.07. The molecule has 0 aromatic heterocycles. The normalized spacial score (nSPS) is 10.7. The average molecular weight is 365 g/mol. The van der Waals surface area contributed by atoms with Crippen LogP contribution in [-0.2, 0) is 6.61 Å². The zero-order valence-corrected chi connectivity index (χ0v) is 14.7. The Bertz CT molecular complexity index is 893. The summed E-state index contributed by atoms with van der Waals surface area (Å²) < 4.78 is 5.73. The highest BCUT2D eigenvalue weighted by atomic mass is 35.5. The van der Waals surface area contributed by atoms with Crippen molar-refractivity contribution >= 4 is 23.7 Å². The third-order valence-corrected chi connectivity index (χ3v) is 4.02. The number of amides is 1. The van der Waals surface area contributed by atoms with E-state index in [1.54, 1.807) is 30.5 Å². The van der Waals surface area contributed by atoms with Crippen molar-refractivity contribution in [2.24, 2.45) is 5.10 Å². The molecule has 5 heteroatoms. The molecular weight excluding hydrogens is 348 g/mol. The molecule has 0 bridgehead atoms. The summed E-state index contributed by atoms with van der Waals surface area (Å²) in [5.41, 5.74) is 4.85. The van der Waals surface area contributed by atoms with Crippen LogP contribution in [0.3, 0.4) is 0 Å². The second kappa shape index (κ2) is 8.83. The monoisotopic (exact) mass is 364 g/mol. The highest BCUT2D eigenvalue weighted by molar-refractivity contribution is 6.31. The van der Waals surface area contributed by atoms with Gasteiger partial charge in [-0.1, -0.05) is 48.0 Å². The molecule has 130 valence electrons. The van der Waals surface area contributed by atoms with E-state index in [2.05, 4.69) is 10.5 Å². The lowest BCUT2D eigenvalue weighted by molar-refractivity contribution is 0.0955. The molecule has 0 atom stereocenters. The molecule has 0 heterocycles. The fourth-order valence-electron chi connectivity index (χ4n) is 2.25. The molecule has 0 unspecified atom stereocenters. The number of nitrogens with zero attached hydrogens (tertiary/aromatic N) is 1. The molecule has 0 aliphatic carbocycles. The van der Waals surface area contributed by atoms with Gasteiger partial charge in [0.05, 0.1) is 6.21 Å². The Hall–Kier alpha value is -3.11. The van der Waals surface area contributed by atoms with Crippen LogP contribution in [0.15, 0.2) is 84.0 Å². The van der Waals surface area contributed by atoms with Crippen molar-refractivity contribution in [1.82, 2.24) is 5.43 Å². The maximum atomic E-state index is 11.9. The number of hydrogen-bond donors (Lipinski definition) is 1. The minimum Gasteiger partial charge on any atom is -0.489 e. The van der Waals surface area contributed by atoms with Crippen LogP contribution in [-0.4, -0.2) is 12.1 Å². The van der Waals surface area contributed by atoms with Gasteiger partial charge in [-0.25, -0.2) is 5.43 Å². The van der Waals surface area contributed by atoms with E-state index in [1.165, 1.54) is 0 Å². The fourth-order valence-corrected chi connectivity index (χ4v) is 2.44. The Balaban J connectivity index is 1.53. The van der Waals surface area contributed by atoms with E-state index in [-0.39, 0.29) is 5.91 Å². The third kappa shape index (κ3) is 4.94. The molecule has 0 saturated heterocycles. The molecule has 26 heavy (non-hydrogen) atoms.